The molecule has 154 valence electrons. The molecule has 7 heteroatoms. The molecule has 1 fully saturated rings. The molecule has 3 rings (SSSR count). The number of carbonyl (C=O) groups is 2. The molecule has 2 aromatic carbocycles. The molecule has 0 radical (unpaired) electrons. The maximum atomic E-state index is 12.8. The molecule has 6 nitrogen and oxygen atoms in total. The van der Waals surface area contributed by atoms with Gasteiger partial charge in [-0.05, 0) is 49.1 Å². The maximum absolute atomic E-state index is 12.8. The van der Waals surface area contributed by atoms with Gasteiger partial charge in [-0.25, -0.2) is 0 Å². The lowest BCUT2D eigenvalue weighted by Gasteiger charge is -2.32. The minimum Gasteiger partial charge on any atom is -0.493 e. The van der Waals surface area contributed by atoms with E-state index in [1.54, 1.807) is 44.6 Å². The molecule has 0 saturated carbocycles. The van der Waals surface area contributed by atoms with Crippen LogP contribution in [0.15, 0.2) is 47.4 Å². The molecular formula is C22H26N2O4S. The highest BCUT2D eigenvalue weighted by molar-refractivity contribution is 7.80. The van der Waals surface area contributed by atoms with Crippen molar-refractivity contribution in [3.63, 3.8) is 0 Å². The van der Waals surface area contributed by atoms with Crippen LogP contribution < -0.4 is 14.8 Å². The summed E-state index contributed by atoms with van der Waals surface area (Å²) in [7, 11) is 3.12. The SMILES string of the molecule is COc1ccc(C(=O)N2CCC(CNC(=O)c3ccccc3S)CC2)cc1OC. The highest BCUT2D eigenvalue weighted by Gasteiger charge is 2.25. The van der Waals surface area contributed by atoms with Crippen molar-refractivity contribution in [2.24, 2.45) is 5.92 Å². The predicted octanol–water partition coefficient (Wildman–Crippen LogP) is 3.27. The Hall–Kier alpha value is -2.67. The van der Waals surface area contributed by atoms with Crippen LogP contribution >= 0.6 is 12.6 Å². The van der Waals surface area contributed by atoms with Crippen LogP contribution in [0.25, 0.3) is 0 Å². The van der Waals surface area contributed by atoms with Crippen molar-refractivity contribution in [1.29, 1.82) is 0 Å². The normalized spacial score (nSPS) is 14.4. The number of likely N-dealkylation sites (tertiary alicyclic amines) is 1. The van der Waals surface area contributed by atoms with E-state index >= 15 is 0 Å². The van der Waals surface area contributed by atoms with E-state index in [2.05, 4.69) is 17.9 Å². The molecule has 1 saturated heterocycles. The molecule has 1 N–H and O–H groups in total. The monoisotopic (exact) mass is 414 g/mol. The van der Waals surface area contributed by atoms with Gasteiger partial charge in [0.15, 0.2) is 11.5 Å². The molecular weight excluding hydrogens is 388 g/mol. The van der Waals surface area contributed by atoms with E-state index in [0.29, 0.717) is 53.1 Å². The number of rotatable bonds is 6. The molecule has 29 heavy (non-hydrogen) atoms. The Balaban J connectivity index is 1.52. The Morgan fingerprint density at radius 3 is 2.41 bits per heavy atom. The Bertz CT molecular complexity index is 879. The summed E-state index contributed by atoms with van der Waals surface area (Å²) in [4.78, 5) is 27.7. The van der Waals surface area contributed by atoms with Crippen LogP contribution in [0.2, 0.25) is 0 Å². The lowest BCUT2D eigenvalue weighted by Crippen LogP contribution is -2.41. The van der Waals surface area contributed by atoms with Gasteiger partial charge >= 0.3 is 0 Å². The predicted molar refractivity (Wildman–Crippen MR) is 114 cm³/mol. The zero-order valence-corrected chi connectivity index (χ0v) is 17.6. The molecule has 1 aliphatic heterocycles. The average molecular weight is 415 g/mol. The van der Waals surface area contributed by atoms with Crippen molar-refractivity contribution in [3.05, 3.63) is 53.6 Å². The molecule has 1 aliphatic rings. The Kier molecular flexibility index (Phi) is 7.04. The smallest absolute Gasteiger partial charge is 0.253 e. The molecule has 0 unspecified atom stereocenters. The maximum Gasteiger partial charge on any atom is 0.253 e. The molecule has 1 heterocycles. The Morgan fingerprint density at radius 1 is 1.07 bits per heavy atom. The van der Waals surface area contributed by atoms with Gasteiger partial charge in [0.05, 0.1) is 19.8 Å². The van der Waals surface area contributed by atoms with Crippen molar-refractivity contribution in [3.8, 4) is 11.5 Å². The van der Waals surface area contributed by atoms with Crippen LogP contribution in [-0.2, 0) is 0 Å². The summed E-state index contributed by atoms with van der Waals surface area (Å²) in [5, 5.41) is 2.99. The molecule has 0 aliphatic carbocycles. The highest BCUT2D eigenvalue weighted by Crippen LogP contribution is 2.28. The van der Waals surface area contributed by atoms with Crippen LogP contribution in [-0.4, -0.2) is 50.6 Å². The van der Waals surface area contributed by atoms with Crippen molar-refractivity contribution >= 4 is 24.4 Å². The van der Waals surface area contributed by atoms with Crippen LogP contribution in [0.3, 0.4) is 0 Å². The van der Waals surface area contributed by atoms with Gasteiger partial charge in [0.2, 0.25) is 0 Å². The van der Waals surface area contributed by atoms with Crippen molar-refractivity contribution in [1.82, 2.24) is 10.2 Å². The minimum atomic E-state index is -0.112. The summed E-state index contributed by atoms with van der Waals surface area (Å²) in [6.45, 7) is 1.92. The van der Waals surface area contributed by atoms with Gasteiger partial charge in [-0.15, -0.1) is 12.6 Å². The molecule has 2 aromatic rings. The molecule has 0 atom stereocenters. The highest BCUT2D eigenvalue weighted by atomic mass is 32.1. The average Bonchev–Trinajstić information content (AvgIpc) is 2.77. The fraction of sp³-hybridized carbons (Fsp3) is 0.364. The van der Waals surface area contributed by atoms with Crippen LogP contribution in [0.1, 0.15) is 33.6 Å². The first-order chi connectivity index (χ1) is 14.0. The standard InChI is InChI=1S/C22H26N2O4S/c1-27-18-8-7-16(13-19(18)28-2)22(26)24-11-9-15(10-12-24)14-23-21(25)17-5-3-4-6-20(17)29/h3-8,13,15,29H,9-12,14H2,1-2H3,(H,23,25). The zero-order valence-electron chi connectivity index (χ0n) is 16.7. The van der Waals surface area contributed by atoms with Gasteiger partial charge in [0.1, 0.15) is 0 Å². The van der Waals surface area contributed by atoms with E-state index in [9.17, 15) is 9.59 Å². The lowest BCUT2D eigenvalue weighted by atomic mass is 9.96. The third kappa shape index (κ3) is 5.03. The van der Waals surface area contributed by atoms with Crippen molar-refractivity contribution < 1.29 is 19.1 Å². The van der Waals surface area contributed by atoms with E-state index in [1.165, 1.54) is 0 Å². The second-order valence-corrected chi connectivity index (χ2v) is 7.51. The number of methoxy groups -OCH3 is 2. The van der Waals surface area contributed by atoms with Crippen LogP contribution in [0, 0.1) is 5.92 Å². The number of ether oxygens (including phenoxy) is 2. The van der Waals surface area contributed by atoms with Gasteiger partial charge in [0.25, 0.3) is 11.8 Å². The number of piperidine rings is 1. The topological polar surface area (TPSA) is 67.9 Å². The summed E-state index contributed by atoms with van der Waals surface area (Å²) >= 11 is 4.33. The number of carbonyl (C=O) groups excluding carboxylic acids is 2. The minimum absolute atomic E-state index is 0.0163. The van der Waals surface area contributed by atoms with Crippen LogP contribution in [0.5, 0.6) is 11.5 Å². The summed E-state index contributed by atoms with van der Waals surface area (Å²) in [6, 6.07) is 12.5. The number of hydrogen-bond acceptors (Lipinski definition) is 5. The molecule has 0 aromatic heterocycles. The van der Waals surface area contributed by atoms with E-state index < -0.39 is 0 Å². The first-order valence-corrected chi connectivity index (χ1v) is 10.1. The van der Waals surface area contributed by atoms with Crippen molar-refractivity contribution in [2.75, 3.05) is 33.9 Å². The van der Waals surface area contributed by atoms with E-state index in [0.717, 1.165) is 12.8 Å². The summed E-state index contributed by atoms with van der Waals surface area (Å²) in [5.41, 5.74) is 1.16. The van der Waals surface area contributed by atoms with E-state index in [4.69, 9.17) is 9.47 Å². The third-order valence-electron chi connectivity index (χ3n) is 5.23. The summed E-state index contributed by atoms with van der Waals surface area (Å²) < 4.78 is 10.5. The summed E-state index contributed by atoms with van der Waals surface area (Å²) in [5.74, 6) is 1.36. The number of nitrogens with zero attached hydrogens (tertiary/aromatic N) is 1. The molecule has 2 amide bonds. The Morgan fingerprint density at radius 2 is 1.76 bits per heavy atom. The third-order valence-corrected chi connectivity index (χ3v) is 5.62. The first kappa shape index (κ1) is 21.0. The van der Waals surface area contributed by atoms with Gasteiger partial charge in [0, 0.05) is 30.1 Å². The quantitative estimate of drug-likeness (QED) is 0.712. The van der Waals surface area contributed by atoms with E-state index in [1.807, 2.05) is 17.0 Å². The fourth-order valence-electron chi connectivity index (χ4n) is 3.49. The largest absolute Gasteiger partial charge is 0.493 e. The fourth-order valence-corrected chi connectivity index (χ4v) is 3.75. The number of amides is 2. The Labute approximate surface area is 176 Å². The number of hydrogen-bond donors (Lipinski definition) is 2. The number of benzene rings is 2. The summed E-state index contributed by atoms with van der Waals surface area (Å²) in [6.07, 6.45) is 1.70. The zero-order chi connectivity index (χ0) is 20.8. The lowest BCUT2D eigenvalue weighted by molar-refractivity contribution is 0.0684. The second-order valence-electron chi connectivity index (χ2n) is 7.03. The van der Waals surface area contributed by atoms with Gasteiger partial charge in [-0.2, -0.15) is 0 Å². The number of thiol groups is 1. The van der Waals surface area contributed by atoms with Crippen molar-refractivity contribution in [2.45, 2.75) is 17.7 Å². The molecule has 0 spiro atoms. The number of nitrogens with one attached hydrogen (secondary N) is 1. The van der Waals surface area contributed by atoms with E-state index in [-0.39, 0.29) is 11.8 Å². The first-order valence-electron chi connectivity index (χ1n) is 9.61. The van der Waals surface area contributed by atoms with Gasteiger partial charge < -0.3 is 19.7 Å². The van der Waals surface area contributed by atoms with Gasteiger partial charge in [-0.3, -0.25) is 9.59 Å². The van der Waals surface area contributed by atoms with Crippen LogP contribution in [0.4, 0.5) is 0 Å². The van der Waals surface area contributed by atoms with Gasteiger partial charge in [-0.1, -0.05) is 12.1 Å². The second kappa shape index (κ2) is 9.69. The molecule has 0 bridgehead atoms.